The Bertz CT molecular complexity index is 1040. The van der Waals surface area contributed by atoms with Crippen molar-refractivity contribution in [3.8, 4) is 5.69 Å². The number of nitrogens with zero attached hydrogens (tertiary/aromatic N) is 3. The second kappa shape index (κ2) is 8.30. The summed E-state index contributed by atoms with van der Waals surface area (Å²) >= 11 is 0. The molecular formula is C23H28N4O. The lowest BCUT2D eigenvalue weighted by Crippen LogP contribution is -2.21. The summed E-state index contributed by atoms with van der Waals surface area (Å²) in [6.07, 6.45) is 1.65. The van der Waals surface area contributed by atoms with Crippen LogP contribution in [0.3, 0.4) is 0 Å². The van der Waals surface area contributed by atoms with Crippen molar-refractivity contribution < 1.29 is 0 Å². The molecule has 0 spiro atoms. The predicted molar refractivity (Wildman–Crippen MR) is 118 cm³/mol. The van der Waals surface area contributed by atoms with Crippen LogP contribution in [0, 0.1) is 20.8 Å². The van der Waals surface area contributed by atoms with E-state index in [1.54, 1.807) is 10.9 Å². The molecule has 0 unspecified atom stereocenters. The smallest absolute Gasteiger partial charge is 0.280 e. The van der Waals surface area contributed by atoms with Gasteiger partial charge in [-0.15, -0.1) is 0 Å². The fourth-order valence-electron chi connectivity index (χ4n) is 3.24. The molecule has 28 heavy (non-hydrogen) atoms. The Labute approximate surface area is 166 Å². The van der Waals surface area contributed by atoms with Crippen molar-refractivity contribution in [3.63, 3.8) is 0 Å². The Balaban J connectivity index is 1.88. The van der Waals surface area contributed by atoms with Crippen LogP contribution >= 0.6 is 0 Å². The molecule has 3 rings (SSSR count). The number of anilines is 1. The minimum atomic E-state index is -0.0933. The summed E-state index contributed by atoms with van der Waals surface area (Å²) in [6.45, 7) is 12.2. The third kappa shape index (κ3) is 3.93. The maximum Gasteiger partial charge on any atom is 0.280 e. The van der Waals surface area contributed by atoms with Crippen LogP contribution in [0.4, 0.5) is 11.4 Å². The normalized spacial score (nSPS) is 11.3. The first-order valence-electron chi connectivity index (χ1n) is 9.73. The Hall–Kier alpha value is -3.08. The van der Waals surface area contributed by atoms with Gasteiger partial charge in [0.1, 0.15) is 0 Å². The minimum Gasteiger partial charge on any atom is -0.372 e. The van der Waals surface area contributed by atoms with Gasteiger partial charge in [0.05, 0.1) is 16.9 Å². The molecule has 1 N–H and O–H groups in total. The number of rotatable bonds is 6. The van der Waals surface area contributed by atoms with Gasteiger partial charge in [-0.25, -0.2) is 4.68 Å². The Morgan fingerprint density at radius 1 is 1.00 bits per heavy atom. The zero-order valence-corrected chi connectivity index (χ0v) is 17.3. The van der Waals surface area contributed by atoms with Crippen molar-refractivity contribution in [1.29, 1.82) is 0 Å². The number of aromatic amines is 1. The Morgan fingerprint density at radius 3 is 2.29 bits per heavy atom. The Kier molecular flexibility index (Phi) is 5.83. The molecule has 0 aliphatic rings. The molecule has 0 aliphatic heterocycles. The van der Waals surface area contributed by atoms with Gasteiger partial charge >= 0.3 is 0 Å². The molecular weight excluding hydrogens is 348 g/mol. The van der Waals surface area contributed by atoms with Gasteiger partial charge in [-0.2, -0.15) is 0 Å². The monoisotopic (exact) mass is 376 g/mol. The third-order valence-corrected chi connectivity index (χ3v) is 5.19. The van der Waals surface area contributed by atoms with Gasteiger partial charge in [-0.3, -0.25) is 14.9 Å². The van der Waals surface area contributed by atoms with E-state index in [9.17, 15) is 4.79 Å². The molecule has 1 aromatic heterocycles. The van der Waals surface area contributed by atoms with Crippen LogP contribution in [0.25, 0.3) is 5.69 Å². The van der Waals surface area contributed by atoms with Crippen LogP contribution < -0.4 is 10.5 Å². The number of hydrogen-bond acceptors (Lipinski definition) is 3. The summed E-state index contributed by atoms with van der Waals surface area (Å²) < 4.78 is 1.58. The predicted octanol–water partition coefficient (Wildman–Crippen LogP) is 4.69. The topological polar surface area (TPSA) is 53.4 Å². The van der Waals surface area contributed by atoms with E-state index in [4.69, 9.17) is 0 Å². The molecule has 2 aromatic carbocycles. The zero-order chi connectivity index (χ0) is 20.3. The summed E-state index contributed by atoms with van der Waals surface area (Å²) in [5.74, 6) is 0. The average Bonchev–Trinajstić information content (AvgIpc) is 2.98. The number of benzene rings is 2. The van der Waals surface area contributed by atoms with E-state index in [0.29, 0.717) is 5.56 Å². The molecule has 0 saturated heterocycles. The van der Waals surface area contributed by atoms with Crippen LogP contribution in [0.5, 0.6) is 0 Å². The molecule has 3 aromatic rings. The lowest BCUT2D eigenvalue weighted by Gasteiger charge is -2.20. The third-order valence-electron chi connectivity index (χ3n) is 5.19. The van der Waals surface area contributed by atoms with Crippen molar-refractivity contribution in [3.05, 3.63) is 75.2 Å². The van der Waals surface area contributed by atoms with Crippen molar-refractivity contribution in [2.24, 2.45) is 4.99 Å². The summed E-state index contributed by atoms with van der Waals surface area (Å²) in [6, 6.07) is 14.1. The summed E-state index contributed by atoms with van der Waals surface area (Å²) in [5, 5.41) is 3.16. The summed E-state index contributed by atoms with van der Waals surface area (Å²) in [5.41, 5.74) is 6.48. The van der Waals surface area contributed by atoms with E-state index in [0.717, 1.165) is 35.7 Å². The van der Waals surface area contributed by atoms with E-state index < -0.39 is 0 Å². The molecule has 0 bridgehead atoms. The molecule has 0 aliphatic carbocycles. The second-order valence-electron chi connectivity index (χ2n) is 7.01. The quantitative estimate of drug-likeness (QED) is 0.635. The maximum atomic E-state index is 12.9. The van der Waals surface area contributed by atoms with Gasteiger partial charge in [0.25, 0.3) is 5.56 Å². The van der Waals surface area contributed by atoms with E-state index in [-0.39, 0.29) is 5.56 Å². The largest absolute Gasteiger partial charge is 0.372 e. The first-order valence-corrected chi connectivity index (χ1v) is 9.73. The highest BCUT2D eigenvalue weighted by Crippen LogP contribution is 2.20. The van der Waals surface area contributed by atoms with Crippen molar-refractivity contribution in [1.82, 2.24) is 9.78 Å². The highest BCUT2D eigenvalue weighted by atomic mass is 16.1. The van der Waals surface area contributed by atoms with E-state index in [1.807, 2.05) is 44.2 Å². The molecule has 0 fully saturated rings. The number of hydrogen-bond donors (Lipinski definition) is 1. The lowest BCUT2D eigenvalue weighted by molar-refractivity contribution is 0.833. The van der Waals surface area contributed by atoms with Crippen molar-refractivity contribution in [2.45, 2.75) is 34.6 Å². The van der Waals surface area contributed by atoms with Gasteiger partial charge < -0.3 is 4.90 Å². The van der Waals surface area contributed by atoms with Crippen LogP contribution in [0.15, 0.2) is 52.3 Å². The molecule has 5 heteroatoms. The SMILES string of the molecule is CCN(CC)c1ccc(N=Cc2c(C)[nH]n(-c3ccc(C)c(C)c3)c2=O)cc1. The second-order valence-corrected chi connectivity index (χ2v) is 7.01. The average molecular weight is 377 g/mol. The fourth-order valence-corrected chi connectivity index (χ4v) is 3.24. The van der Waals surface area contributed by atoms with Crippen LogP contribution in [0.2, 0.25) is 0 Å². The molecule has 0 amide bonds. The first kappa shape index (κ1) is 19.7. The molecule has 146 valence electrons. The molecule has 0 atom stereocenters. The van der Waals surface area contributed by atoms with Gasteiger partial charge in [0, 0.05) is 30.7 Å². The van der Waals surface area contributed by atoms with Crippen LogP contribution in [-0.4, -0.2) is 29.1 Å². The lowest BCUT2D eigenvalue weighted by atomic mass is 10.1. The number of nitrogens with one attached hydrogen (secondary N) is 1. The standard InChI is InChI=1S/C23H28N4O/c1-6-26(7-2)20-12-9-19(10-13-20)24-15-22-18(5)25-27(23(22)28)21-11-8-16(3)17(4)14-21/h8-15,25H,6-7H2,1-5H3. The minimum absolute atomic E-state index is 0.0933. The summed E-state index contributed by atoms with van der Waals surface area (Å²) in [4.78, 5) is 19.7. The summed E-state index contributed by atoms with van der Waals surface area (Å²) in [7, 11) is 0. The number of aryl methyl sites for hydroxylation is 3. The van der Waals surface area contributed by atoms with Crippen LogP contribution in [-0.2, 0) is 0 Å². The molecule has 5 nitrogen and oxygen atoms in total. The van der Waals surface area contributed by atoms with E-state index >= 15 is 0 Å². The van der Waals surface area contributed by atoms with Crippen molar-refractivity contribution in [2.75, 3.05) is 18.0 Å². The number of aromatic nitrogens is 2. The highest BCUT2D eigenvalue weighted by Gasteiger charge is 2.11. The zero-order valence-electron chi connectivity index (χ0n) is 17.3. The van der Waals surface area contributed by atoms with Crippen molar-refractivity contribution >= 4 is 17.6 Å². The van der Waals surface area contributed by atoms with Crippen LogP contribution in [0.1, 0.15) is 36.2 Å². The molecule has 0 radical (unpaired) electrons. The molecule has 1 heterocycles. The molecule has 0 saturated carbocycles. The highest BCUT2D eigenvalue weighted by molar-refractivity contribution is 5.83. The van der Waals surface area contributed by atoms with Gasteiger partial charge in [0.2, 0.25) is 0 Å². The first-order chi connectivity index (χ1) is 13.4. The maximum absolute atomic E-state index is 12.9. The van der Waals surface area contributed by atoms with E-state index in [2.05, 4.69) is 47.9 Å². The van der Waals surface area contributed by atoms with Gasteiger partial charge in [-0.1, -0.05) is 6.07 Å². The Morgan fingerprint density at radius 2 is 1.68 bits per heavy atom. The van der Waals surface area contributed by atoms with E-state index in [1.165, 1.54) is 11.3 Å². The number of H-pyrrole nitrogens is 1. The fraction of sp³-hybridized carbons (Fsp3) is 0.304. The number of aliphatic imine (C=N–C) groups is 1. The van der Waals surface area contributed by atoms with Gasteiger partial charge in [-0.05, 0) is 82.1 Å². The van der Waals surface area contributed by atoms with Gasteiger partial charge in [0.15, 0.2) is 0 Å².